The predicted octanol–water partition coefficient (Wildman–Crippen LogP) is -0.00140. The lowest BCUT2D eigenvalue weighted by atomic mass is 10.2. The van der Waals surface area contributed by atoms with E-state index in [-0.39, 0.29) is 11.8 Å². The molecule has 1 aliphatic rings. The Morgan fingerprint density at radius 3 is 2.24 bits per heavy atom. The van der Waals surface area contributed by atoms with E-state index in [0.717, 1.165) is 52.2 Å². The van der Waals surface area contributed by atoms with Gasteiger partial charge in [0.05, 0.1) is 6.54 Å². The minimum Gasteiger partial charge on any atom is -0.342 e. The second-order valence-electron chi connectivity index (χ2n) is 5.43. The van der Waals surface area contributed by atoms with Crippen LogP contribution in [0.2, 0.25) is 0 Å². The van der Waals surface area contributed by atoms with Crippen LogP contribution in [-0.2, 0) is 9.59 Å². The van der Waals surface area contributed by atoms with Gasteiger partial charge in [0.1, 0.15) is 0 Å². The Morgan fingerprint density at radius 2 is 1.71 bits per heavy atom. The molecule has 0 bridgehead atoms. The van der Waals surface area contributed by atoms with Gasteiger partial charge in [-0.05, 0) is 33.9 Å². The molecule has 0 spiro atoms. The fourth-order valence-electron chi connectivity index (χ4n) is 2.60. The predicted molar refractivity (Wildman–Crippen MR) is 84.1 cm³/mol. The molecule has 0 radical (unpaired) electrons. The van der Waals surface area contributed by atoms with Crippen LogP contribution in [0.1, 0.15) is 26.7 Å². The van der Waals surface area contributed by atoms with E-state index in [1.54, 1.807) is 0 Å². The number of rotatable bonds is 8. The van der Waals surface area contributed by atoms with Crippen LogP contribution in [0.15, 0.2) is 0 Å². The molecule has 1 heterocycles. The van der Waals surface area contributed by atoms with Crippen LogP contribution >= 0.6 is 0 Å². The molecule has 1 fully saturated rings. The van der Waals surface area contributed by atoms with Gasteiger partial charge in [-0.25, -0.2) is 0 Å². The van der Waals surface area contributed by atoms with Crippen LogP contribution in [0.3, 0.4) is 0 Å². The Kier molecular flexibility index (Phi) is 8.30. The molecule has 0 aromatic rings. The highest BCUT2D eigenvalue weighted by atomic mass is 16.2. The summed E-state index contributed by atoms with van der Waals surface area (Å²) in [6, 6.07) is 0. The summed E-state index contributed by atoms with van der Waals surface area (Å²) in [4.78, 5) is 30.0. The summed E-state index contributed by atoms with van der Waals surface area (Å²) in [5.74, 6) is 0.425. The highest BCUT2D eigenvalue weighted by molar-refractivity contribution is 5.78. The first kappa shape index (κ1) is 17.9. The molecule has 0 saturated carbocycles. The van der Waals surface area contributed by atoms with Gasteiger partial charge in [-0.1, -0.05) is 0 Å². The molecular weight excluding hydrogens is 268 g/mol. The number of nitrogens with one attached hydrogen (secondary N) is 1. The van der Waals surface area contributed by atoms with E-state index in [9.17, 15) is 9.59 Å². The molecule has 0 aromatic carbocycles. The Labute approximate surface area is 128 Å². The molecule has 1 aliphatic heterocycles. The molecule has 0 aliphatic carbocycles. The standard InChI is InChI=1S/C15H30N4O2/c1-4-18(5-2)15(21)13-17-9-11-19(12-10-17)14(20)7-6-8-16-3/h16H,4-13H2,1-3H3. The van der Waals surface area contributed by atoms with Gasteiger partial charge in [0.2, 0.25) is 11.8 Å². The molecule has 1 N–H and O–H groups in total. The molecule has 1 saturated heterocycles. The number of hydrogen-bond donors (Lipinski definition) is 1. The lowest BCUT2D eigenvalue weighted by Gasteiger charge is -2.35. The van der Waals surface area contributed by atoms with Crippen LogP contribution in [0.25, 0.3) is 0 Å². The van der Waals surface area contributed by atoms with Gasteiger partial charge in [-0.2, -0.15) is 0 Å². The normalized spacial score (nSPS) is 16.0. The number of likely N-dealkylation sites (N-methyl/N-ethyl adjacent to an activating group) is 1. The fraction of sp³-hybridized carbons (Fsp3) is 0.867. The number of piperazine rings is 1. The molecule has 122 valence electrons. The summed E-state index contributed by atoms with van der Waals surface area (Å²) in [6.07, 6.45) is 1.50. The largest absolute Gasteiger partial charge is 0.342 e. The highest BCUT2D eigenvalue weighted by Crippen LogP contribution is 2.05. The zero-order chi connectivity index (χ0) is 15.7. The van der Waals surface area contributed by atoms with Gasteiger partial charge in [0, 0.05) is 45.7 Å². The first-order chi connectivity index (χ1) is 10.1. The van der Waals surface area contributed by atoms with Gasteiger partial charge in [-0.3, -0.25) is 14.5 Å². The summed E-state index contributed by atoms with van der Waals surface area (Å²) in [6.45, 7) is 9.96. The summed E-state index contributed by atoms with van der Waals surface area (Å²) >= 11 is 0. The number of carbonyl (C=O) groups is 2. The molecule has 0 atom stereocenters. The van der Waals surface area contributed by atoms with Gasteiger partial charge >= 0.3 is 0 Å². The van der Waals surface area contributed by atoms with Crippen LogP contribution < -0.4 is 5.32 Å². The number of nitrogens with zero attached hydrogens (tertiary/aromatic N) is 3. The van der Waals surface area contributed by atoms with Crippen molar-refractivity contribution in [2.75, 3.05) is 59.4 Å². The third-order valence-corrected chi connectivity index (χ3v) is 4.02. The lowest BCUT2D eigenvalue weighted by molar-refractivity contribution is -0.135. The van der Waals surface area contributed by atoms with Crippen LogP contribution in [0, 0.1) is 0 Å². The number of hydrogen-bond acceptors (Lipinski definition) is 4. The van der Waals surface area contributed by atoms with Crippen molar-refractivity contribution in [2.45, 2.75) is 26.7 Å². The maximum atomic E-state index is 12.1. The van der Waals surface area contributed by atoms with Crippen LogP contribution in [0.5, 0.6) is 0 Å². The summed E-state index contributed by atoms with van der Waals surface area (Å²) in [5.41, 5.74) is 0. The van der Waals surface area contributed by atoms with E-state index >= 15 is 0 Å². The second-order valence-corrected chi connectivity index (χ2v) is 5.43. The van der Waals surface area contributed by atoms with Gasteiger partial charge in [0.15, 0.2) is 0 Å². The zero-order valence-corrected chi connectivity index (χ0v) is 13.7. The van der Waals surface area contributed by atoms with E-state index in [1.165, 1.54) is 0 Å². The minimum absolute atomic E-state index is 0.189. The highest BCUT2D eigenvalue weighted by Gasteiger charge is 2.23. The summed E-state index contributed by atoms with van der Waals surface area (Å²) in [5, 5.41) is 3.06. The SMILES string of the molecule is CCN(CC)C(=O)CN1CCN(C(=O)CCCNC)CC1. The Morgan fingerprint density at radius 1 is 1.10 bits per heavy atom. The molecule has 0 unspecified atom stereocenters. The first-order valence-corrected chi connectivity index (χ1v) is 8.04. The van der Waals surface area contributed by atoms with Crippen molar-refractivity contribution in [3.8, 4) is 0 Å². The number of amides is 2. The smallest absolute Gasteiger partial charge is 0.236 e. The van der Waals surface area contributed by atoms with Crippen LogP contribution in [-0.4, -0.2) is 85.9 Å². The van der Waals surface area contributed by atoms with Gasteiger partial charge < -0.3 is 15.1 Å². The fourth-order valence-corrected chi connectivity index (χ4v) is 2.60. The minimum atomic E-state index is 0.189. The Bertz CT molecular complexity index is 324. The van der Waals surface area contributed by atoms with E-state index in [0.29, 0.717) is 13.0 Å². The van der Waals surface area contributed by atoms with Crippen molar-refractivity contribution >= 4 is 11.8 Å². The van der Waals surface area contributed by atoms with Crippen LogP contribution in [0.4, 0.5) is 0 Å². The topological polar surface area (TPSA) is 55.9 Å². The van der Waals surface area contributed by atoms with Crippen molar-refractivity contribution in [2.24, 2.45) is 0 Å². The Balaban J connectivity index is 2.28. The van der Waals surface area contributed by atoms with Crippen molar-refractivity contribution in [1.29, 1.82) is 0 Å². The molecule has 6 nitrogen and oxygen atoms in total. The van der Waals surface area contributed by atoms with Crippen molar-refractivity contribution in [1.82, 2.24) is 20.0 Å². The van der Waals surface area contributed by atoms with Crippen molar-refractivity contribution in [3.05, 3.63) is 0 Å². The van der Waals surface area contributed by atoms with Crippen molar-refractivity contribution in [3.63, 3.8) is 0 Å². The molecule has 21 heavy (non-hydrogen) atoms. The first-order valence-electron chi connectivity index (χ1n) is 8.04. The average Bonchev–Trinajstić information content (AvgIpc) is 2.49. The molecule has 0 aromatic heterocycles. The Hall–Kier alpha value is -1.14. The van der Waals surface area contributed by atoms with Crippen molar-refractivity contribution < 1.29 is 9.59 Å². The maximum Gasteiger partial charge on any atom is 0.236 e. The zero-order valence-electron chi connectivity index (χ0n) is 13.7. The monoisotopic (exact) mass is 298 g/mol. The van der Waals surface area contributed by atoms with Gasteiger partial charge in [-0.15, -0.1) is 0 Å². The molecule has 2 amide bonds. The molecular formula is C15H30N4O2. The van der Waals surface area contributed by atoms with E-state index in [2.05, 4.69) is 10.2 Å². The summed E-state index contributed by atoms with van der Waals surface area (Å²) < 4.78 is 0. The van der Waals surface area contributed by atoms with Gasteiger partial charge in [0.25, 0.3) is 0 Å². The lowest BCUT2D eigenvalue weighted by Crippen LogP contribution is -2.51. The van der Waals surface area contributed by atoms with E-state index in [4.69, 9.17) is 0 Å². The molecule has 1 rings (SSSR count). The third kappa shape index (κ3) is 6.01. The maximum absolute atomic E-state index is 12.1. The number of carbonyl (C=O) groups excluding carboxylic acids is 2. The third-order valence-electron chi connectivity index (χ3n) is 4.02. The second kappa shape index (κ2) is 9.73. The summed E-state index contributed by atoms with van der Waals surface area (Å²) in [7, 11) is 1.90. The molecule has 6 heteroatoms. The average molecular weight is 298 g/mol. The van der Waals surface area contributed by atoms with E-state index in [1.807, 2.05) is 30.7 Å². The quantitative estimate of drug-likeness (QED) is 0.641. The van der Waals surface area contributed by atoms with E-state index < -0.39 is 0 Å².